The van der Waals surface area contributed by atoms with Crippen molar-refractivity contribution < 1.29 is 28.2 Å². The van der Waals surface area contributed by atoms with Gasteiger partial charge in [0.05, 0.1) is 20.8 Å². The molecule has 0 aliphatic heterocycles. The summed E-state index contributed by atoms with van der Waals surface area (Å²) in [6.45, 7) is 5.89. The van der Waals surface area contributed by atoms with E-state index in [0.29, 0.717) is 62.9 Å². The summed E-state index contributed by atoms with van der Waals surface area (Å²) in [5.41, 5.74) is 1.01. The summed E-state index contributed by atoms with van der Waals surface area (Å²) in [4.78, 5) is 29.1. The first-order valence-corrected chi connectivity index (χ1v) is 11.5. The second kappa shape index (κ2) is 14.1. The Morgan fingerprint density at radius 2 is 1.76 bits per heavy atom. The van der Waals surface area contributed by atoms with Gasteiger partial charge in [0, 0.05) is 33.4 Å². The van der Waals surface area contributed by atoms with Gasteiger partial charge in [-0.3, -0.25) is 4.79 Å². The molecule has 0 radical (unpaired) electrons. The molecule has 2 rings (SSSR count). The van der Waals surface area contributed by atoms with Gasteiger partial charge in [-0.1, -0.05) is 6.07 Å². The zero-order chi connectivity index (χ0) is 24.9. The van der Waals surface area contributed by atoms with Gasteiger partial charge in [0.1, 0.15) is 18.1 Å². The number of urea groups is 1. The van der Waals surface area contributed by atoms with Crippen LogP contribution in [0.15, 0.2) is 34.7 Å². The molecule has 0 spiro atoms. The average Bonchev–Trinajstić information content (AvgIpc) is 3.25. The normalized spacial score (nSPS) is 10.6. The van der Waals surface area contributed by atoms with E-state index in [2.05, 4.69) is 5.32 Å². The number of benzene rings is 1. The number of methoxy groups -OCH3 is 3. The lowest BCUT2D eigenvalue weighted by Gasteiger charge is -2.27. The first kappa shape index (κ1) is 27.0. The monoisotopic (exact) mass is 475 g/mol. The zero-order valence-corrected chi connectivity index (χ0v) is 20.9. The molecule has 0 aliphatic carbocycles. The Kier molecular flexibility index (Phi) is 11.3. The first-order chi connectivity index (χ1) is 16.4. The standard InChI is InChI=1S/C25H37N3O6/c1-6-26-25(30)28(13-7-15-31-3)18-24(29)27(17-21-10-8-19(2)34-21)14-12-20-9-11-22(32-4)23(16-20)33-5/h8-11,16H,6-7,12-15,17-18H2,1-5H3,(H,26,30). The maximum Gasteiger partial charge on any atom is 0.317 e. The minimum Gasteiger partial charge on any atom is -0.493 e. The Balaban J connectivity index is 2.15. The molecule has 0 atom stereocenters. The van der Waals surface area contributed by atoms with Gasteiger partial charge < -0.3 is 33.7 Å². The number of furan rings is 1. The molecule has 1 heterocycles. The third kappa shape index (κ3) is 8.30. The van der Waals surface area contributed by atoms with Crippen LogP contribution in [0.25, 0.3) is 0 Å². The minimum absolute atomic E-state index is 0.0266. The zero-order valence-electron chi connectivity index (χ0n) is 20.9. The predicted molar refractivity (Wildman–Crippen MR) is 129 cm³/mol. The van der Waals surface area contributed by atoms with E-state index in [0.717, 1.165) is 11.3 Å². The molecule has 1 aromatic heterocycles. The van der Waals surface area contributed by atoms with Crippen molar-refractivity contribution in [1.29, 1.82) is 0 Å². The van der Waals surface area contributed by atoms with Crippen LogP contribution < -0.4 is 14.8 Å². The molecule has 0 bridgehead atoms. The van der Waals surface area contributed by atoms with Crippen molar-refractivity contribution >= 4 is 11.9 Å². The molecule has 9 heteroatoms. The Hall–Kier alpha value is -3.20. The van der Waals surface area contributed by atoms with Gasteiger partial charge in [0.2, 0.25) is 5.91 Å². The maximum atomic E-state index is 13.3. The molecule has 1 N–H and O–H groups in total. The van der Waals surface area contributed by atoms with Gasteiger partial charge in [0.15, 0.2) is 11.5 Å². The van der Waals surface area contributed by atoms with Crippen LogP contribution in [0.4, 0.5) is 4.79 Å². The lowest BCUT2D eigenvalue weighted by molar-refractivity contribution is -0.132. The number of carbonyl (C=O) groups is 2. The van der Waals surface area contributed by atoms with Crippen LogP contribution in [0.1, 0.15) is 30.4 Å². The third-order valence-electron chi connectivity index (χ3n) is 5.33. The summed E-state index contributed by atoms with van der Waals surface area (Å²) in [6.07, 6.45) is 1.25. The fourth-order valence-electron chi connectivity index (χ4n) is 3.53. The lowest BCUT2D eigenvalue weighted by Crippen LogP contribution is -2.47. The van der Waals surface area contributed by atoms with Gasteiger partial charge in [-0.2, -0.15) is 0 Å². The number of rotatable bonds is 14. The van der Waals surface area contributed by atoms with Crippen molar-refractivity contribution in [3.63, 3.8) is 0 Å². The summed E-state index contributed by atoms with van der Waals surface area (Å²) in [6, 6.07) is 9.19. The van der Waals surface area contributed by atoms with Crippen LogP contribution in [0.5, 0.6) is 11.5 Å². The van der Waals surface area contributed by atoms with Gasteiger partial charge in [0.25, 0.3) is 0 Å². The number of carbonyl (C=O) groups excluding carboxylic acids is 2. The lowest BCUT2D eigenvalue weighted by atomic mass is 10.1. The number of ether oxygens (including phenoxy) is 3. The molecular weight excluding hydrogens is 438 g/mol. The summed E-state index contributed by atoms with van der Waals surface area (Å²) >= 11 is 0. The number of aryl methyl sites for hydroxylation is 1. The van der Waals surface area contributed by atoms with Gasteiger partial charge >= 0.3 is 6.03 Å². The number of hydrogen-bond donors (Lipinski definition) is 1. The van der Waals surface area contributed by atoms with Crippen LogP contribution in [0, 0.1) is 6.92 Å². The van der Waals surface area contributed by atoms with Crippen LogP contribution in [0.2, 0.25) is 0 Å². The molecular formula is C25H37N3O6. The first-order valence-electron chi connectivity index (χ1n) is 11.5. The van der Waals surface area contributed by atoms with E-state index in [1.165, 1.54) is 4.90 Å². The number of nitrogens with one attached hydrogen (secondary N) is 1. The molecule has 0 aliphatic rings. The molecule has 0 saturated heterocycles. The highest BCUT2D eigenvalue weighted by Gasteiger charge is 2.22. The Labute approximate surface area is 201 Å². The molecule has 0 unspecified atom stereocenters. The summed E-state index contributed by atoms with van der Waals surface area (Å²) in [5, 5.41) is 2.78. The quantitative estimate of drug-likeness (QED) is 0.422. The van der Waals surface area contributed by atoms with E-state index in [4.69, 9.17) is 18.6 Å². The molecule has 3 amide bonds. The fourth-order valence-corrected chi connectivity index (χ4v) is 3.53. The second-order valence-corrected chi connectivity index (χ2v) is 7.87. The van der Waals surface area contributed by atoms with Gasteiger partial charge in [-0.05, 0) is 56.5 Å². The predicted octanol–water partition coefficient (Wildman–Crippen LogP) is 3.24. The molecule has 2 aromatic rings. The van der Waals surface area contributed by atoms with Crippen LogP contribution in [-0.2, 0) is 22.5 Å². The van der Waals surface area contributed by atoms with Crippen molar-refractivity contribution in [1.82, 2.24) is 15.1 Å². The Morgan fingerprint density at radius 1 is 1.00 bits per heavy atom. The SMILES string of the molecule is CCNC(=O)N(CCCOC)CC(=O)N(CCc1ccc(OC)c(OC)c1)Cc1ccc(C)o1. The molecule has 188 valence electrons. The number of amides is 3. The Morgan fingerprint density at radius 3 is 2.38 bits per heavy atom. The van der Waals surface area contributed by atoms with Crippen LogP contribution >= 0.6 is 0 Å². The maximum absolute atomic E-state index is 13.3. The van der Waals surface area contributed by atoms with Crippen molar-refractivity contribution in [2.24, 2.45) is 0 Å². The minimum atomic E-state index is -0.263. The Bertz CT molecular complexity index is 914. The van der Waals surface area contributed by atoms with Crippen LogP contribution in [-0.4, -0.2) is 75.9 Å². The van der Waals surface area contributed by atoms with E-state index < -0.39 is 0 Å². The molecule has 0 fully saturated rings. The van der Waals surface area contributed by atoms with Crippen molar-refractivity contribution in [2.75, 3.05) is 54.1 Å². The highest BCUT2D eigenvalue weighted by Crippen LogP contribution is 2.27. The van der Waals surface area contributed by atoms with E-state index >= 15 is 0 Å². The van der Waals surface area contributed by atoms with Crippen molar-refractivity contribution in [2.45, 2.75) is 33.2 Å². The molecule has 34 heavy (non-hydrogen) atoms. The van der Waals surface area contributed by atoms with E-state index in [1.807, 2.05) is 44.2 Å². The molecule has 0 saturated carbocycles. The van der Waals surface area contributed by atoms with E-state index in [1.54, 1.807) is 26.2 Å². The summed E-state index contributed by atoms with van der Waals surface area (Å²) < 4.78 is 21.5. The molecule has 1 aromatic carbocycles. The smallest absolute Gasteiger partial charge is 0.317 e. The van der Waals surface area contributed by atoms with Crippen molar-refractivity contribution in [3.05, 3.63) is 47.4 Å². The third-order valence-corrected chi connectivity index (χ3v) is 5.33. The summed E-state index contributed by atoms with van der Waals surface area (Å²) in [7, 11) is 4.80. The largest absolute Gasteiger partial charge is 0.493 e. The van der Waals surface area contributed by atoms with Crippen LogP contribution in [0.3, 0.4) is 0 Å². The average molecular weight is 476 g/mol. The molecule has 9 nitrogen and oxygen atoms in total. The van der Waals surface area contributed by atoms with Gasteiger partial charge in [-0.25, -0.2) is 4.79 Å². The highest BCUT2D eigenvalue weighted by atomic mass is 16.5. The van der Waals surface area contributed by atoms with Gasteiger partial charge in [-0.15, -0.1) is 0 Å². The fraction of sp³-hybridized carbons (Fsp3) is 0.520. The van der Waals surface area contributed by atoms with E-state index in [-0.39, 0.29) is 18.5 Å². The topological polar surface area (TPSA) is 93.5 Å². The van der Waals surface area contributed by atoms with Crippen molar-refractivity contribution in [3.8, 4) is 11.5 Å². The highest BCUT2D eigenvalue weighted by molar-refractivity contribution is 5.84. The second-order valence-electron chi connectivity index (χ2n) is 7.87. The number of hydrogen-bond acceptors (Lipinski definition) is 6. The number of nitrogens with zero attached hydrogens (tertiary/aromatic N) is 2. The summed E-state index contributed by atoms with van der Waals surface area (Å²) in [5.74, 6) is 2.62. The van der Waals surface area contributed by atoms with E-state index in [9.17, 15) is 9.59 Å².